The molecule has 0 aliphatic heterocycles. The van der Waals surface area contributed by atoms with Crippen LogP contribution in [0.3, 0.4) is 0 Å². The van der Waals surface area contributed by atoms with Gasteiger partial charge in [0.15, 0.2) is 5.75 Å². The fraction of sp³-hybridized carbons (Fsp3) is 0.0714. The van der Waals surface area contributed by atoms with Crippen molar-refractivity contribution in [2.24, 2.45) is 0 Å². The predicted octanol–water partition coefficient (Wildman–Crippen LogP) is 5.23. The van der Waals surface area contributed by atoms with Gasteiger partial charge in [0, 0.05) is 8.04 Å². The molecule has 2 aromatic rings. The van der Waals surface area contributed by atoms with Crippen molar-refractivity contribution in [3.05, 3.63) is 60.6 Å². The average molecular weight is 451 g/mol. The van der Waals surface area contributed by atoms with Crippen LogP contribution in [0.4, 0.5) is 0 Å². The number of ether oxygens (including phenoxy) is 1. The number of benzene rings is 2. The second kappa shape index (κ2) is 6.24. The summed E-state index contributed by atoms with van der Waals surface area (Å²) in [5, 5.41) is 0.408. The van der Waals surface area contributed by atoms with E-state index in [9.17, 15) is 4.79 Å². The molecule has 98 valence electrons. The lowest BCUT2D eigenvalue weighted by Crippen LogP contribution is -2.09. The lowest BCUT2D eigenvalue weighted by Gasteiger charge is -2.10. The molecular weight excluding hydrogens is 442 g/mol. The molecule has 0 aliphatic rings. The Morgan fingerprint density at radius 3 is 2.68 bits per heavy atom. The van der Waals surface area contributed by atoms with Crippen molar-refractivity contribution in [3.63, 3.8) is 0 Å². The summed E-state index contributed by atoms with van der Waals surface area (Å²) in [4.78, 5) is 12.1. The smallest absolute Gasteiger partial charge is 0.343 e. The Bertz CT molecular complexity index is 620. The molecule has 19 heavy (non-hydrogen) atoms. The number of hydrogen-bond donors (Lipinski definition) is 0. The molecule has 0 saturated heterocycles. The SMILES string of the molecule is Cc1cc(Br)cc(Cl)c1OC(=O)c1cccc(I)c1. The lowest BCUT2D eigenvalue weighted by molar-refractivity contribution is 0.0733. The summed E-state index contributed by atoms with van der Waals surface area (Å²) in [5.41, 5.74) is 1.31. The topological polar surface area (TPSA) is 26.3 Å². The monoisotopic (exact) mass is 450 g/mol. The van der Waals surface area contributed by atoms with Crippen molar-refractivity contribution in [1.82, 2.24) is 0 Å². The molecule has 0 unspecified atom stereocenters. The zero-order chi connectivity index (χ0) is 14.0. The van der Waals surface area contributed by atoms with Crippen LogP contribution >= 0.6 is 50.1 Å². The third kappa shape index (κ3) is 3.70. The van der Waals surface area contributed by atoms with Gasteiger partial charge in [-0.25, -0.2) is 4.79 Å². The minimum atomic E-state index is -0.411. The molecule has 2 nitrogen and oxygen atoms in total. The van der Waals surface area contributed by atoms with E-state index < -0.39 is 5.97 Å². The van der Waals surface area contributed by atoms with Gasteiger partial charge >= 0.3 is 5.97 Å². The van der Waals surface area contributed by atoms with Crippen LogP contribution in [-0.2, 0) is 0 Å². The van der Waals surface area contributed by atoms with Crippen molar-refractivity contribution in [3.8, 4) is 5.75 Å². The van der Waals surface area contributed by atoms with Crippen molar-refractivity contribution < 1.29 is 9.53 Å². The highest BCUT2D eigenvalue weighted by Gasteiger charge is 2.14. The van der Waals surface area contributed by atoms with E-state index in [1.54, 1.807) is 18.2 Å². The highest BCUT2D eigenvalue weighted by atomic mass is 127. The van der Waals surface area contributed by atoms with Crippen molar-refractivity contribution in [2.45, 2.75) is 6.92 Å². The molecule has 2 aromatic carbocycles. The Hall–Kier alpha value is -0.590. The van der Waals surface area contributed by atoms with Gasteiger partial charge in [-0.2, -0.15) is 0 Å². The van der Waals surface area contributed by atoms with E-state index in [0.29, 0.717) is 16.3 Å². The second-order valence-electron chi connectivity index (χ2n) is 3.93. The Balaban J connectivity index is 2.29. The zero-order valence-electron chi connectivity index (χ0n) is 9.91. The van der Waals surface area contributed by atoms with Crippen LogP contribution in [0, 0.1) is 10.5 Å². The summed E-state index contributed by atoms with van der Waals surface area (Å²) in [6.07, 6.45) is 0. The lowest BCUT2D eigenvalue weighted by atomic mass is 10.2. The Morgan fingerprint density at radius 1 is 1.32 bits per heavy atom. The van der Waals surface area contributed by atoms with Gasteiger partial charge in [-0.3, -0.25) is 0 Å². The van der Waals surface area contributed by atoms with E-state index in [0.717, 1.165) is 13.6 Å². The molecule has 0 amide bonds. The Morgan fingerprint density at radius 2 is 2.05 bits per heavy atom. The minimum absolute atomic E-state index is 0.397. The normalized spacial score (nSPS) is 10.3. The largest absolute Gasteiger partial charge is 0.421 e. The molecule has 0 heterocycles. The van der Waals surface area contributed by atoms with Gasteiger partial charge in [-0.1, -0.05) is 33.6 Å². The van der Waals surface area contributed by atoms with Crippen LogP contribution in [-0.4, -0.2) is 5.97 Å². The van der Waals surface area contributed by atoms with E-state index in [1.807, 2.05) is 25.1 Å². The molecular formula is C14H9BrClIO2. The van der Waals surface area contributed by atoms with E-state index in [4.69, 9.17) is 16.3 Å². The van der Waals surface area contributed by atoms with E-state index in [-0.39, 0.29) is 0 Å². The molecule has 0 atom stereocenters. The van der Waals surface area contributed by atoms with E-state index in [1.165, 1.54) is 0 Å². The number of rotatable bonds is 2. The Labute approximate surface area is 138 Å². The van der Waals surface area contributed by atoms with Crippen LogP contribution in [0.25, 0.3) is 0 Å². The molecule has 0 aliphatic carbocycles. The van der Waals surface area contributed by atoms with Crippen LogP contribution in [0.5, 0.6) is 5.75 Å². The first kappa shape index (κ1) is 14.8. The average Bonchev–Trinajstić information content (AvgIpc) is 2.33. The van der Waals surface area contributed by atoms with Crippen LogP contribution in [0.2, 0.25) is 5.02 Å². The van der Waals surface area contributed by atoms with Crippen LogP contribution in [0.1, 0.15) is 15.9 Å². The summed E-state index contributed by atoms with van der Waals surface area (Å²) >= 11 is 11.6. The van der Waals surface area contributed by atoms with Gasteiger partial charge in [0.05, 0.1) is 10.6 Å². The molecule has 0 fully saturated rings. The predicted molar refractivity (Wildman–Crippen MR) is 88.0 cm³/mol. The molecule has 0 aromatic heterocycles. The second-order valence-corrected chi connectivity index (χ2v) is 6.50. The number of halogens is 3. The maximum absolute atomic E-state index is 12.1. The summed E-state index contributed by atoms with van der Waals surface area (Å²) in [6.45, 7) is 1.84. The zero-order valence-corrected chi connectivity index (χ0v) is 14.4. The first-order chi connectivity index (χ1) is 8.97. The first-order valence-corrected chi connectivity index (χ1v) is 7.66. The fourth-order valence-corrected chi connectivity index (χ4v) is 3.14. The molecule has 0 bridgehead atoms. The number of carbonyl (C=O) groups is 1. The molecule has 5 heteroatoms. The Kier molecular flexibility index (Phi) is 4.86. The summed E-state index contributed by atoms with van der Waals surface area (Å²) in [6, 6.07) is 10.8. The first-order valence-electron chi connectivity index (χ1n) is 5.41. The number of carbonyl (C=O) groups excluding carboxylic acids is 1. The number of hydrogen-bond acceptors (Lipinski definition) is 2. The van der Waals surface area contributed by atoms with Gasteiger partial charge in [0.2, 0.25) is 0 Å². The third-order valence-electron chi connectivity index (χ3n) is 2.45. The van der Waals surface area contributed by atoms with Crippen molar-refractivity contribution >= 4 is 56.1 Å². The van der Waals surface area contributed by atoms with Crippen LogP contribution in [0.15, 0.2) is 40.9 Å². The van der Waals surface area contributed by atoms with Gasteiger partial charge in [0.1, 0.15) is 0 Å². The van der Waals surface area contributed by atoms with E-state index in [2.05, 4.69) is 38.5 Å². The fourth-order valence-electron chi connectivity index (χ4n) is 1.59. The van der Waals surface area contributed by atoms with Gasteiger partial charge < -0.3 is 4.74 Å². The summed E-state index contributed by atoms with van der Waals surface area (Å²) < 4.78 is 7.21. The quantitative estimate of drug-likeness (QED) is 0.355. The number of esters is 1. The highest BCUT2D eigenvalue weighted by molar-refractivity contribution is 14.1. The van der Waals surface area contributed by atoms with Gasteiger partial charge in [-0.15, -0.1) is 0 Å². The molecule has 0 N–H and O–H groups in total. The standard InChI is InChI=1S/C14H9BrClIO2/c1-8-5-10(15)7-12(16)13(8)19-14(18)9-3-2-4-11(17)6-9/h2-7H,1H3. The molecule has 0 radical (unpaired) electrons. The van der Waals surface area contributed by atoms with Gasteiger partial charge in [-0.05, 0) is 65.4 Å². The third-order valence-corrected chi connectivity index (χ3v) is 3.86. The number of aryl methyl sites for hydroxylation is 1. The summed E-state index contributed by atoms with van der Waals surface area (Å²) in [5.74, 6) is -0.0143. The van der Waals surface area contributed by atoms with E-state index >= 15 is 0 Å². The summed E-state index contributed by atoms with van der Waals surface area (Å²) in [7, 11) is 0. The maximum Gasteiger partial charge on any atom is 0.343 e. The van der Waals surface area contributed by atoms with Crippen LogP contribution < -0.4 is 4.74 Å². The van der Waals surface area contributed by atoms with Crippen molar-refractivity contribution in [2.75, 3.05) is 0 Å². The highest BCUT2D eigenvalue weighted by Crippen LogP contribution is 2.32. The molecule has 0 spiro atoms. The maximum atomic E-state index is 12.1. The molecule has 0 saturated carbocycles. The van der Waals surface area contributed by atoms with Gasteiger partial charge in [0.25, 0.3) is 0 Å². The minimum Gasteiger partial charge on any atom is -0.421 e. The molecule has 2 rings (SSSR count). The van der Waals surface area contributed by atoms with Crippen molar-refractivity contribution in [1.29, 1.82) is 0 Å².